The lowest BCUT2D eigenvalue weighted by Gasteiger charge is -2.31. The van der Waals surface area contributed by atoms with E-state index < -0.39 is 22.3 Å². The summed E-state index contributed by atoms with van der Waals surface area (Å²) in [4.78, 5) is 13.2. The number of carbonyl (C=O) groups is 1. The highest BCUT2D eigenvalue weighted by Crippen LogP contribution is 2.37. The molecule has 0 N–H and O–H groups in total. The summed E-state index contributed by atoms with van der Waals surface area (Å²) in [6.07, 6.45) is 3.41. The molecule has 0 amide bonds. The molecule has 12 nitrogen and oxygen atoms in total. The van der Waals surface area contributed by atoms with Gasteiger partial charge in [-0.2, -0.15) is 12.7 Å². The number of fused-ring (bicyclic) bond motifs is 1. The Morgan fingerprint density at radius 3 is 2.29 bits per heavy atom. The predicted octanol–water partition coefficient (Wildman–Crippen LogP) is 8.09. The van der Waals surface area contributed by atoms with Gasteiger partial charge in [-0.05, 0) is 91.5 Å². The van der Waals surface area contributed by atoms with Crippen LogP contribution in [0.2, 0.25) is 0 Å². The van der Waals surface area contributed by atoms with Crippen molar-refractivity contribution in [1.82, 2.24) is 19.3 Å². The summed E-state index contributed by atoms with van der Waals surface area (Å²) in [7, 11) is -2.47. The molecule has 1 aliphatic heterocycles. The third-order valence-corrected chi connectivity index (χ3v) is 12.1. The van der Waals surface area contributed by atoms with Crippen molar-refractivity contribution in [2.75, 3.05) is 33.5 Å². The summed E-state index contributed by atoms with van der Waals surface area (Å²) in [5, 5.41) is 9.24. The Bertz CT molecular complexity index is 2260. The van der Waals surface area contributed by atoms with E-state index >= 15 is 0 Å². The third kappa shape index (κ3) is 10.7. The Morgan fingerprint density at radius 1 is 0.897 bits per heavy atom. The van der Waals surface area contributed by atoms with Crippen molar-refractivity contribution in [3.8, 4) is 0 Å². The maximum Gasteiger partial charge on any atom is 0.388 e. The maximum atomic E-state index is 13.5. The highest BCUT2D eigenvalue weighted by Gasteiger charge is 2.35. The van der Waals surface area contributed by atoms with Crippen LogP contribution in [-0.2, 0) is 58.0 Å². The summed E-state index contributed by atoms with van der Waals surface area (Å²) in [6, 6.07) is 29.1. The maximum absolute atomic E-state index is 13.5. The topological polar surface area (TPSA) is 131 Å². The number of aromatic nitrogens is 3. The Balaban J connectivity index is 1.23. The summed E-state index contributed by atoms with van der Waals surface area (Å²) < 4.78 is 58.3. The zero-order valence-electron chi connectivity index (χ0n) is 34.0. The average Bonchev–Trinajstić information content (AvgIpc) is 3.63. The van der Waals surface area contributed by atoms with E-state index in [2.05, 4.69) is 22.4 Å². The smallest absolute Gasteiger partial charge is 0.388 e. The van der Waals surface area contributed by atoms with E-state index in [0.717, 1.165) is 62.8 Å². The zero-order chi connectivity index (χ0) is 41.1. The fourth-order valence-electron chi connectivity index (χ4n) is 7.45. The molecular formula is C45H54N4O8S. The molecular weight excluding hydrogens is 757 g/mol. The number of hydrogen-bond acceptors (Lipinski definition) is 10. The molecule has 0 aliphatic carbocycles. The molecule has 308 valence electrons. The molecule has 1 aliphatic rings. The Morgan fingerprint density at radius 2 is 1.60 bits per heavy atom. The quantitative estimate of drug-likeness (QED) is 0.0562. The summed E-state index contributed by atoms with van der Waals surface area (Å²) >= 11 is 0. The molecule has 4 aromatic carbocycles. The molecule has 0 bridgehead atoms. The van der Waals surface area contributed by atoms with Crippen molar-refractivity contribution in [3.05, 3.63) is 142 Å². The summed E-state index contributed by atoms with van der Waals surface area (Å²) in [5.41, 5.74) is 8.06. The van der Waals surface area contributed by atoms with Crippen molar-refractivity contribution < 1.29 is 36.3 Å². The molecule has 3 atom stereocenters. The van der Waals surface area contributed by atoms with Gasteiger partial charge in [0.2, 0.25) is 0 Å². The van der Waals surface area contributed by atoms with Gasteiger partial charge in [0.25, 0.3) is 5.95 Å². The zero-order valence-corrected chi connectivity index (χ0v) is 34.8. The SMILES string of the molecule is CCOC(=O)CC(c1ccc(C)c([C@@H](C)N2CC=C(OCc3ccccc3)OS2(=O)=O)c1)c1ccc2c(nnn2CC(CCOC)CCOCc2ccccc2)c1C. The van der Waals surface area contributed by atoms with Crippen LogP contribution < -0.4 is 0 Å². The van der Waals surface area contributed by atoms with Crippen LogP contribution in [-0.4, -0.2) is 67.2 Å². The van der Waals surface area contributed by atoms with Gasteiger partial charge in [-0.25, -0.2) is 4.68 Å². The molecule has 2 heterocycles. The highest BCUT2D eigenvalue weighted by atomic mass is 32.2. The summed E-state index contributed by atoms with van der Waals surface area (Å²) in [5.74, 6) is -0.526. The Labute approximate surface area is 342 Å². The fourth-order valence-corrected chi connectivity index (χ4v) is 8.62. The molecule has 58 heavy (non-hydrogen) atoms. The van der Waals surface area contributed by atoms with Crippen LogP contribution in [0.25, 0.3) is 11.0 Å². The first kappa shape index (κ1) is 42.5. The molecule has 0 spiro atoms. The van der Waals surface area contributed by atoms with Crippen LogP contribution in [0.3, 0.4) is 0 Å². The van der Waals surface area contributed by atoms with E-state index in [9.17, 15) is 13.2 Å². The molecule has 2 unspecified atom stereocenters. The number of aryl methyl sites for hydroxylation is 2. The van der Waals surface area contributed by atoms with Crippen molar-refractivity contribution >= 4 is 27.3 Å². The largest absolute Gasteiger partial charge is 0.466 e. The van der Waals surface area contributed by atoms with Crippen molar-refractivity contribution in [3.63, 3.8) is 0 Å². The lowest BCUT2D eigenvalue weighted by Crippen LogP contribution is -2.38. The van der Waals surface area contributed by atoms with E-state index in [4.69, 9.17) is 23.1 Å². The third-order valence-electron chi connectivity index (χ3n) is 10.7. The number of carbonyl (C=O) groups excluding carboxylic acids is 1. The molecule has 6 rings (SSSR count). The van der Waals surface area contributed by atoms with Gasteiger partial charge in [-0.3, -0.25) is 4.79 Å². The van der Waals surface area contributed by atoms with Crippen molar-refractivity contribution in [1.29, 1.82) is 0 Å². The van der Waals surface area contributed by atoms with E-state index in [0.29, 0.717) is 26.4 Å². The average molecular weight is 811 g/mol. The second kappa shape index (κ2) is 20.1. The Hall–Kier alpha value is -5.08. The number of ether oxygens (including phenoxy) is 4. The number of nitrogens with zero attached hydrogens (tertiary/aromatic N) is 4. The molecule has 5 aromatic rings. The minimum Gasteiger partial charge on any atom is -0.466 e. The number of hydrogen-bond donors (Lipinski definition) is 0. The number of benzene rings is 4. The summed E-state index contributed by atoms with van der Waals surface area (Å²) in [6.45, 7) is 10.5. The van der Waals surface area contributed by atoms with Crippen LogP contribution in [0.5, 0.6) is 0 Å². The molecule has 0 saturated carbocycles. The first-order valence-corrected chi connectivity index (χ1v) is 21.2. The van der Waals surface area contributed by atoms with Crippen LogP contribution in [0.4, 0.5) is 0 Å². The fraction of sp³-hybridized carbons (Fsp3) is 0.400. The van der Waals surface area contributed by atoms with Crippen LogP contribution in [0.15, 0.2) is 103 Å². The highest BCUT2D eigenvalue weighted by molar-refractivity contribution is 7.84. The second-order valence-corrected chi connectivity index (χ2v) is 16.1. The number of rotatable bonds is 20. The molecule has 0 saturated heterocycles. The van der Waals surface area contributed by atoms with Crippen molar-refractivity contribution in [2.45, 2.75) is 78.7 Å². The predicted molar refractivity (Wildman–Crippen MR) is 222 cm³/mol. The van der Waals surface area contributed by atoms with Gasteiger partial charge in [0.05, 0.1) is 31.2 Å². The van der Waals surface area contributed by atoms with E-state index in [1.165, 1.54) is 4.31 Å². The number of methoxy groups -OCH3 is 1. The molecule has 0 fully saturated rings. The van der Waals surface area contributed by atoms with E-state index in [1.807, 2.05) is 104 Å². The van der Waals surface area contributed by atoms with Gasteiger partial charge >= 0.3 is 16.3 Å². The minimum atomic E-state index is -4.18. The number of esters is 1. The lowest BCUT2D eigenvalue weighted by atomic mass is 9.83. The first-order chi connectivity index (χ1) is 28.1. The van der Waals surface area contributed by atoms with E-state index in [1.54, 1.807) is 20.1 Å². The normalized spacial score (nSPS) is 15.6. The van der Waals surface area contributed by atoms with Gasteiger partial charge < -0.3 is 23.1 Å². The van der Waals surface area contributed by atoms with Crippen LogP contribution in [0.1, 0.15) is 84.0 Å². The van der Waals surface area contributed by atoms with Crippen molar-refractivity contribution in [2.24, 2.45) is 5.92 Å². The standard InChI is InChI=1S/C45H54N4O8S/c1-6-55-43(50)28-41(38-18-17-32(2)40(27-38)34(4)49-24-21-44(57-58(49,51)52)56-31-37-15-11-8-12-16-37)39-19-20-42-45(33(39)3)46-47-48(42)29-35(22-25-53-5)23-26-54-30-36-13-9-7-10-14-36/h7-21,27,34-35,41H,6,22-26,28-31H2,1-5H3/t34-,35?,41?/m1/s1. The molecule has 13 heteroatoms. The van der Waals surface area contributed by atoms with Gasteiger partial charge in [-0.1, -0.05) is 90.1 Å². The molecule has 1 aromatic heterocycles. The van der Waals surface area contributed by atoms with Gasteiger partial charge in [0, 0.05) is 45.4 Å². The van der Waals surface area contributed by atoms with Gasteiger partial charge in [-0.15, -0.1) is 5.10 Å². The molecule has 0 radical (unpaired) electrons. The van der Waals surface area contributed by atoms with Gasteiger partial charge in [0.15, 0.2) is 0 Å². The minimum absolute atomic E-state index is 0.0478. The van der Waals surface area contributed by atoms with E-state index in [-0.39, 0.29) is 44.0 Å². The monoisotopic (exact) mass is 810 g/mol. The van der Waals surface area contributed by atoms with Gasteiger partial charge in [0.1, 0.15) is 12.1 Å². The van der Waals surface area contributed by atoms with Crippen LogP contribution >= 0.6 is 0 Å². The first-order valence-electron chi connectivity index (χ1n) is 19.8. The lowest BCUT2D eigenvalue weighted by molar-refractivity contribution is -0.143. The second-order valence-electron chi connectivity index (χ2n) is 14.7. The Kier molecular flexibility index (Phi) is 14.7. The van der Waals surface area contributed by atoms with Crippen LogP contribution in [0, 0.1) is 19.8 Å².